The van der Waals surface area contributed by atoms with Gasteiger partial charge in [-0.05, 0) is 71.3 Å². The number of hydrogen-bond donors (Lipinski definition) is 0. The minimum atomic E-state index is 0.577. The molecule has 0 saturated carbocycles. The molecule has 7 aromatic carbocycles. The van der Waals surface area contributed by atoms with Gasteiger partial charge in [0.15, 0.2) is 5.69 Å². The Balaban J connectivity index is 1.27. The molecule has 0 atom stereocenters. The maximum atomic E-state index is 10.4. The molecule has 4 nitrogen and oxygen atoms in total. The number of nitriles is 1. The molecule has 9 rings (SSSR count). The summed E-state index contributed by atoms with van der Waals surface area (Å²) in [6.07, 6.45) is 0. The van der Waals surface area contributed by atoms with Crippen molar-refractivity contribution in [3.8, 4) is 39.7 Å². The lowest BCUT2D eigenvalue weighted by Gasteiger charge is -2.17. The smallest absolute Gasteiger partial charge is 0.195 e. The van der Waals surface area contributed by atoms with Gasteiger partial charge in [-0.3, -0.25) is 0 Å². The molecule has 0 bridgehead atoms. The summed E-state index contributed by atoms with van der Waals surface area (Å²) < 4.78 is 4.54. The molecule has 0 N–H and O–H groups in total. The van der Waals surface area contributed by atoms with Crippen LogP contribution >= 0.6 is 0 Å². The van der Waals surface area contributed by atoms with Crippen LogP contribution in [0.25, 0.3) is 82.1 Å². The first kappa shape index (κ1) is 27.4. The Hall–Kier alpha value is -6.88. The van der Waals surface area contributed by atoms with Crippen molar-refractivity contribution in [2.75, 3.05) is 0 Å². The van der Waals surface area contributed by atoms with E-state index in [2.05, 4.69) is 147 Å². The van der Waals surface area contributed by atoms with Gasteiger partial charge in [0.1, 0.15) is 0 Å². The fourth-order valence-electron chi connectivity index (χ4n) is 7.34. The predicted octanol–water partition coefficient (Wildman–Crippen LogP) is 11.6. The van der Waals surface area contributed by atoms with Crippen molar-refractivity contribution in [1.82, 2.24) is 9.13 Å². The minimum absolute atomic E-state index is 0.577. The number of rotatable bonds is 4. The van der Waals surface area contributed by atoms with Crippen molar-refractivity contribution in [1.29, 1.82) is 5.26 Å². The normalized spacial score (nSPS) is 11.3. The fourth-order valence-corrected chi connectivity index (χ4v) is 7.34. The maximum Gasteiger partial charge on any atom is 0.195 e. The number of benzene rings is 7. The Kier molecular flexibility index (Phi) is 6.22. The van der Waals surface area contributed by atoms with Gasteiger partial charge in [-0.2, -0.15) is 5.26 Å². The first-order chi connectivity index (χ1) is 23.7. The Labute approximate surface area is 277 Å². The number of hydrogen-bond acceptors (Lipinski definition) is 1. The summed E-state index contributed by atoms with van der Waals surface area (Å²) >= 11 is 0. The number of aromatic nitrogens is 2. The van der Waals surface area contributed by atoms with Crippen molar-refractivity contribution >= 4 is 49.3 Å². The third kappa shape index (κ3) is 4.07. The lowest BCUT2D eigenvalue weighted by atomic mass is 9.94. The maximum absolute atomic E-state index is 10.4. The summed E-state index contributed by atoms with van der Waals surface area (Å²) in [6.45, 7) is 8.08. The van der Waals surface area contributed by atoms with E-state index >= 15 is 0 Å². The molecule has 48 heavy (non-hydrogen) atoms. The first-order valence-corrected chi connectivity index (χ1v) is 15.9. The van der Waals surface area contributed by atoms with E-state index in [1.165, 1.54) is 21.5 Å². The van der Waals surface area contributed by atoms with Crippen LogP contribution in [0, 0.1) is 17.9 Å². The Bertz CT molecular complexity index is 2710. The van der Waals surface area contributed by atoms with Crippen LogP contribution in [0.3, 0.4) is 0 Å². The Morgan fingerprint density at radius 3 is 1.58 bits per heavy atom. The molecule has 0 spiro atoms. The van der Waals surface area contributed by atoms with E-state index in [1.807, 2.05) is 30.3 Å². The fraction of sp³-hybridized carbons (Fsp3) is 0. The molecule has 4 heteroatoms. The van der Waals surface area contributed by atoms with E-state index in [1.54, 1.807) is 0 Å². The van der Waals surface area contributed by atoms with E-state index in [4.69, 9.17) is 6.57 Å². The second kappa shape index (κ2) is 10.9. The summed E-state index contributed by atoms with van der Waals surface area (Å²) in [6, 6.07) is 56.4. The van der Waals surface area contributed by atoms with Crippen LogP contribution in [-0.4, -0.2) is 9.13 Å². The van der Waals surface area contributed by atoms with Gasteiger partial charge >= 0.3 is 0 Å². The van der Waals surface area contributed by atoms with Crippen molar-refractivity contribution in [2.24, 2.45) is 0 Å². The largest absolute Gasteiger partial charge is 0.309 e. The first-order valence-electron chi connectivity index (χ1n) is 15.9. The molecule has 0 fully saturated rings. The average Bonchev–Trinajstić information content (AvgIpc) is 3.67. The van der Waals surface area contributed by atoms with E-state index < -0.39 is 0 Å². The lowest BCUT2D eigenvalue weighted by molar-refractivity contribution is 1.18. The molecule has 0 saturated heterocycles. The molecule has 0 aliphatic heterocycles. The van der Waals surface area contributed by atoms with Gasteiger partial charge in [0, 0.05) is 32.8 Å². The Morgan fingerprint density at radius 2 is 1.02 bits per heavy atom. The van der Waals surface area contributed by atoms with Gasteiger partial charge in [0.2, 0.25) is 0 Å². The van der Waals surface area contributed by atoms with Gasteiger partial charge in [0.25, 0.3) is 0 Å². The van der Waals surface area contributed by atoms with Crippen LogP contribution in [0.2, 0.25) is 0 Å². The molecule has 0 aliphatic rings. The van der Waals surface area contributed by atoms with Crippen LogP contribution in [0.5, 0.6) is 0 Å². The molecular weight excluding hydrogens is 585 g/mol. The molecule has 9 aromatic rings. The lowest BCUT2D eigenvalue weighted by Crippen LogP contribution is -1.99. The number of nitrogens with zero attached hydrogens (tertiary/aromatic N) is 4. The molecule has 0 radical (unpaired) electrons. The van der Waals surface area contributed by atoms with Gasteiger partial charge in [-0.1, -0.05) is 103 Å². The summed E-state index contributed by atoms with van der Waals surface area (Å²) in [5, 5.41) is 15.1. The van der Waals surface area contributed by atoms with Crippen LogP contribution < -0.4 is 0 Å². The molecule has 2 heterocycles. The molecule has 0 unspecified atom stereocenters. The third-order valence-corrected chi connectivity index (χ3v) is 9.39. The number of fused-ring (bicyclic) bond motifs is 6. The highest BCUT2D eigenvalue weighted by molar-refractivity contribution is 6.10. The van der Waals surface area contributed by atoms with Gasteiger partial charge in [-0.15, -0.1) is 0 Å². The number of para-hydroxylation sites is 4. The second-order valence-corrected chi connectivity index (χ2v) is 11.9. The van der Waals surface area contributed by atoms with E-state index in [0.29, 0.717) is 11.3 Å². The van der Waals surface area contributed by atoms with Gasteiger partial charge in [-0.25, -0.2) is 4.85 Å². The van der Waals surface area contributed by atoms with Gasteiger partial charge in [0.05, 0.1) is 46.0 Å². The van der Waals surface area contributed by atoms with Gasteiger partial charge < -0.3 is 9.13 Å². The predicted molar refractivity (Wildman–Crippen MR) is 197 cm³/mol. The molecular formula is C44H26N4. The van der Waals surface area contributed by atoms with Crippen molar-refractivity contribution < 1.29 is 0 Å². The molecule has 0 aliphatic carbocycles. The summed E-state index contributed by atoms with van der Waals surface area (Å²) in [7, 11) is 0. The quantitative estimate of drug-likeness (QED) is 0.183. The summed E-state index contributed by atoms with van der Waals surface area (Å²) in [5.74, 6) is 0. The highest BCUT2D eigenvalue weighted by atomic mass is 15.0. The topological polar surface area (TPSA) is 38.0 Å². The second-order valence-electron chi connectivity index (χ2n) is 11.9. The third-order valence-electron chi connectivity index (χ3n) is 9.39. The van der Waals surface area contributed by atoms with E-state index in [0.717, 1.165) is 55.7 Å². The van der Waals surface area contributed by atoms with Crippen molar-refractivity contribution in [2.45, 2.75) is 0 Å². The zero-order valence-electron chi connectivity index (χ0n) is 25.8. The monoisotopic (exact) mass is 610 g/mol. The zero-order chi connectivity index (χ0) is 32.2. The van der Waals surface area contributed by atoms with Crippen LogP contribution in [0.1, 0.15) is 5.56 Å². The molecule has 2 aromatic heterocycles. The Morgan fingerprint density at radius 1 is 0.500 bits per heavy atom. The minimum Gasteiger partial charge on any atom is -0.309 e. The van der Waals surface area contributed by atoms with Crippen molar-refractivity contribution in [3.63, 3.8) is 0 Å². The SMILES string of the molecule is [C-]#[N+]c1ccc(-n2c3ccccc3c3ccccc32)cc1-c1cccc(-c2c(C#N)cccc2-n2c3ccccc3c3ccccc32)c1. The zero-order valence-corrected chi connectivity index (χ0v) is 25.8. The highest BCUT2D eigenvalue weighted by Crippen LogP contribution is 2.41. The molecule has 0 amide bonds. The molecule has 222 valence electrons. The van der Waals surface area contributed by atoms with Crippen LogP contribution in [-0.2, 0) is 0 Å². The van der Waals surface area contributed by atoms with Crippen molar-refractivity contribution in [3.05, 3.63) is 175 Å². The average molecular weight is 611 g/mol. The summed E-state index contributed by atoms with van der Waals surface area (Å²) in [5.41, 5.74) is 11.0. The summed E-state index contributed by atoms with van der Waals surface area (Å²) in [4.78, 5) is 3.94. The van der Waals surface area contributed by atoms with Crippen LogP contribution in [0.4, 0.5) is 5.69 Å². The van der Waals surface area contributed by atoms with Crippen LogP contribution in [0.15, 0.2) is 158 Å². The highest BCUT2D eigenvalue weighted by Gasteiger charge is 2.19. The van der Waals surface area contributed by atoms with E-state index in [-0.39, 0.29) is 0 Å². The van der Waals surface area contributed by atoms with E-state index in [9.17, 15) is 5.26 Å². The standard InChI is InChI=1S/C44H26N4/c1-46-38-25-24-32(47-39-19-6-2-15-33(39)34-16-3-7-20-40(34)47)27-37(38)29-12-10-13-30(26-29)44-31(28-45)14-11-23-43(44)48-41-21-8-4-17-35(41)36-18-5-9-22-42(36)48/h2-27H.